The predicted molar refractivity (Wildman–Crippen MR) is 134 cm³/mol. The number of halogens is 1. The Morgan fingerprint density at radius 3 is 2.24 bits per heavy atom. The first-order chi connectivity index (χ1) is 16.6. The zero-order valence-corrected chi connectivity index (χ0v) is 18.9. The lowest BCUT2D eigenvalue weighted by Crippen LogP contribution is -2.30. The van der Waals surface area contributed by atoms with Crippen molar-refractivity contribution in [2.24, 2.45) is 7.05 Å². The molecule has 0 saturated carbocycles. The maximum absolute atomic E-state index is 15.1. The van der Waals surface area contributed by atoms with Crippen molar-refractivity contribution in [3.05, 3.63) is 109 Å². The summed E-state index contributed by atoms with van der Waals surface area (Å²) >= 11 is 0. The second-order valence-corrected chi connectivity index (χ2v) is 8.56. The van der Waals surface area contributed by atoms with Crippen molar-refractivity contribution in [3.8, 4) is 33.5 Å². The molecule has 0 N–H and O–H groups in total. The third-order valence-corrected chi connectivity index (χ3v) is 6.41. The van der Waals surface area contributed by atoms with Crippen LogP contribution < -0.4 is 4.57 Å². The number of benzene rings is 3. The summed E-state index contributed by atoms with van der Waals surface area (Å²) in [6.45, 7) is 2.06. The zero-order chi connectivity index (χ0) is 23.2. The molecule has 3 aromatic carbocycles. The van der Waals surface area contributed by atoms with Gasteiger partial charge in [0.15, 0.2) is 11.8 Å². The van der Waals surface area contributed by atoms with Crippen LogP contribution in [0.1, 0.15) is 5.56 Å². The fraction of sp³-hybridized carbons (Fsp3) is 0.0667. The van der Waals surface area contributed by atoms with E-state index in [2.05, 4.69) is 40.7 Å². The van der Waals surface area contributed by atoms with Gasteiger partial charge in [0.05, 0.1) is 5.56 Å². The van der Waals surface area contributed by atoms with E-state index in [1.807, 2.05) is 80.0 Å². The van der Waals surface area contributed by atoms with Crippen LogP contribution in [0, 0.1) is 12.9 Å². The maximum atomic E-state index is 15.1. The first kappa shape index (κ1) is 20.3. The van der Waals surface area contributed by atoms with Gasteiger partial charge in [-0.2, -0.15) is 9.37 Å². The van der Waals surface area contributed by atoms with E-state index in [0.717, 1.165) is 49.9 Å². The Balaban J connectivity index is 1.52. The highest BCUT2D eigenvalue weighted by atomic mass is 19.1. The van der Waals surface area contributed by atoms with Crippen LogP contribution in [-0.2, 0) is 7.05 Å². The monoisotopic (exact) mass is 445 g/mol. The molecule has 6 aromatic rings. The number of rotatable bonds is 3. The van der Waals surface area contributed by atoms with Crippen molar-refractivity contribution < 1.29 is 13.4 Å². The normalized spacial score (nSPS) is 11.4. The number of aromatic nitrogens is 2. The summed E-state index contributed by atoms with van der Waals surface area (Å²) in [6.07, 6.45) is 2.01. The Morgan fingerprint density at radius 1 is 0.765 bits per heavy atom. The van der Waals surface area contributed by atoms with Crippen LogP contribution in [-0.4, -0.2) is 4.98 Å². The van der Waals surface area contributed by atoms with E-state index in [1.54, 1.807) is 0 Å². The number of hydrogen-bond donors (Lipinski definition) is 0. The summed E-state index contributed by atoms with van der Waals surface area (Å²) in [4.78, 5) is 4.22. The Kier molecular flexibility index (Phi) is 4.73. The molecular formula is C30H22FN2O+. The molecule has 3 nitrogen and oxygen atoms in total. The van der Waals surface area contributed by atoms with E-state index in [9.17, 15) is 0 Å². The third kappa shape index (κ3) is 3.27. The standard InChI is InChI=1S/C30H22FN2O/c1-19-11-16-23-25-18-24(22-14-12-21(13-15-22)20-8-4-3-5-9-20)29(31)32-30(25)34-28(23)27(19)26-10-6-7-17-33(26)2/h3-18H,1-2H3/q+1. The minimum atomic E-state index is -0.539. The Labute approximate surface area is 196 Å². The number of pyridine rings is 2. The Morgan fingerprint density at radius 2 is 1.47 bits per heavy atom. The SMILES string of the molecule is Cc1ccc2c(oc3nc(F)c(-c4ccc(-c5ccccc5)cc4)cc32)c1-c1cccc[n+]1C. The van der Waals surface area contributed by atoms with E-state index in [-0.39, 0.29) is 0 Å². The molecule has 3 aromatic heterocycles. The summed E-state index contributed by atoms with van der Waals surface area (Å²) in [5.74, 6) is -0.539. The molecule has 0 aliphatic rings. The van der Waals surface area contributed by atoms with E-state index in [1.165, 1.54) is 0 Å². The largest absolute Gasteiger partial charge is 0.437 e. The molecule has 34 heavy (non-hydrogen) atoms. The number of aryl methyl sites for hydroxylation is 2. The molecular weight excluding hydrogens is 423 g/mol. The average molecular weight is 446 g/mol. The first-order valence-corrected chi connectivity index (χ1v) is 11.2. The highest BCUT2D eigenvalue weighted by Gasteiger charge is 2.22. The van der Waals surface area contributed by atoms with Crippen LogP contribution in [0.15, 0.2) is 102 Å². The summed E-state index contributed by atoms with van der Waals surface area (Å²) in [6, 6.07) is 30.1. The minimum Gasteiger partial charge on any atom is -0.437 e. The molecule has 4 heteroatoms. The fourth-order valence-corrected chi connectivity index (χ4v) is 4.62. The van der Waals surface area contributed by atoms with Gasteiger partial charge in [-0.1, -0.05) is 66.7 Å². The molecule has 164 valence electrons. The molecule has 3 heterocycles. The van der Waals surface area contributed by atoms with Gasteiger partial charge in [-0.15, -0.1) is 0 Å². The van der Waals surface area contributed by atoms with Crippen molar-refractivity contribution in [2.45, 2.75) is 6.92 Å². The number of fused-ring (bicyclic) bond motifs is 3. The van der Waals surface area contributed by atoms with Gasteiger partial charge in [0, 0.05) is 28.5 Å². The lowest BCUT2D eigenvalue weighted by molar-refractivity contribution is -0.660. The highest BCUT2D eigenvalue weighted by molar-refractivity contribution is 6.09. The number of furan rings is 1. The van der Waals surface area contributed by atoms with Crippen molar-refractivity contribution in [2.75, 3.05) is 0 Å². The first-order valence-electron chi connectivity index (χ1n) is 11.2. The zero-order valence-electron chi connectivity index (χ0n) is 18.9. The van der Waals surface area contributed by atoms with E-state index >= 15 is 4.39 Å². The Hall–Kier alpha value is -4.31. The van der Waals surface area contributed by atoms with Crippen molar-refractivity contribution in [1.29, 1.82) is 0 Å². The topological polar surface area (TPSA) is 29.9 Å². The molecule has 0 amide bonds. The van der Waals surface area contributed by atoms with Crippen LogP contribution in [0.3, 0.4) is 0 Å². The summed E-state index contributed by atoms with van der Waals surface area (Å²) in [5, 5.41) is 1.73. The van der Waals surface area contributed by atoms with Gasteiger partial charge in [-0.25, -0.2) is 4.57 Å². The van der Waals surface area contributed by atoms with E-state index in [0.29, 0.717) is 11.3 Å². The van der Waals surface area contributed by atoms with Gasteiger partial charge in [0.2, 0.25) is 17.4 Å². The van der Waals surface area contributed by atoms with Gasteiger partial charge in [0.1, 0.15) is 7.05 Å². The second kappa shape index (κ2) is 7.92. The average Bonchev–Trinajstić information content (AvgIpc) is 3.22. The quantitative estimate of drug-likeness (QED) is 0.212. The highest BCUT2D eigenvalue weighted by Crippen LogP contribution is 2.38. The molecule has 0 radical (unpaired) electrons. The molecule has 0 spiro atoms. The Bertz CT molecular complexity index is 1670. The van der Waals surface area contributed by atoms with Crippen LogP contribution in [0.2, 0.25) is 0 Å². The van der Waals surface area contributed by atoms with Gasteiger partial charge < -0.3 is 4.42 Å². The molecule has 0 bridgehead atoms. The molecule has 0 aliphatic carbocycles. The van der Waals surface area contributed by atoms with Gasteiger partial charge >= 0.3 is 0 Å². The lowest BCUT2D eigenvalue weighted by Gasteiger charge is -2.06. The maximum Gasteiger partial charge on any atom is 0.230 e. The third-order valence-electron chi connectivity index (χ3n) is 6.41. The summed E-state index contributed by atoms with van der Waals surface area (Å²) in [7, 11) is 2.01. The van der Waals surface area contributed by atoms with Crippen LogP contribution in [0.5, 0.6) is 0 Å². The molecule has 0 atom stereocenters. The molecule has 6 rings (SSSR count). The van der Waals surface area contributed by atoms with Crippen LogP contribution >= 0.6 is 0 Å². The number of nitrogens with zero attached hydrogens (tertiary/aromatic N) is 2. The second-order valence-electron chi connectivity index (χ2n) is 8.56. The van der Waals surface area contributed by atoms with E-state index in [4.69, 9.17) is 4.42 Å². The molecule has 0 saturated heterocycles. The van der Waals surface area contributed by atoms with Crippen molar-refractivity contribution in [3.63, 3.8) is 0 Å². The van der Waals surface area contributed by atoms with Gasteiger partial charge in [-0.3, -0.25) is 0 Å². The lowest BCUT2D eigenvalue weighted by atomic mass is 9.99. The minimum absolute atomic E-state index is 0.308. The number of hydrogen-bond acceptors (Lipinski definition) is 2. The van der Waals surface area contributed by atoms with Crippen LogP contribution in [0.25, 0.3) is 55.6 Å². The van der Waals surface area contributed by atoms with Gasteiger partial charge in [0.25, 0.3) is 0 Å². The molecule has 0 aliphatic heterocycles. The van der Waals surface area contributed by atoms with Gasteiger partial charge in [-0.05, 0) is 41.3 Å². The molecule has 0 fully saturated rings. The molecule has 0 unspecified atom stereocenters. The van der Waals surface area contributed by atoms with E-state index < -0.39 is 5.95 Å². The predicted octanol–water partition coefficient (Wildman–Crippen LogP) is 7.25. The summed E-state index contributed by atoms with van der Waals surface area (Å²) in [5.41, 5.74) is 7.59. The van der Waals surface area contributed by atoms with Crippen molar-refractivity contribution in [1.82, 2.24) is 4.98 Å². The smallest absolute Gasteiger partial charge is 0.230 e. The fourth-order valence-electron chi connectivity index (χ4n) is 4.62. The van der Waals surface area contributed by atoms with Crippen molar-refractivity contribution >= 4 is 22.1 Å². The van der Waals surface area contributed by atoms with Crippen LogP contribution in [0.4, 0.5) is 4.39 Å². The summed E-state index contributed by atoms with van der Waals surface area (Å²) < 4.78 is 23.4.